The highest BCUT2D eigenvalue weighted by molar-refractivity contribution is 5.93. The molecule has 0 aromatic heterocycles. The number of aromatic carboxylic acids is 1. The molecule has 1 unspecified atom stereocenters. The summed E-state index contributed by atoms with van der Waals surface area (Å²) in [5.41, 5.74) is -0.940. The average molecular weight is 269 g/mol. The van der Waals surface area contributed by atoms with Gasteiger partial charge in [-0.25, -0.2) is 4.79 Å². The van der Waals surface area contributed by atoms with Crippen molar-refractivity contribution in [2.75, 3.05) is 13.2 Å². The van der Waals surface area contributed by atoms with Crippen LogP contribution < -0.4 is 4.74 Å². The van der Waals surface area contributed by atoms with Crippen molar-refractivity contribution in [1.82, 2.24) is 0 Å². The zero-order valence-corrected chi connectivity index (χ0v) is 10.7. The van der Waals surface area contributed by atoms with Crippen molar-refractivity contribution in [3.63, 3.8) is 0 Å². The number of rotatable bonds is 7. The summed E-state index contributed by atoms with van der Waals surface area (Å²) in [5, 5.41) is 19.9. The lowest BCUT2D eigenvalue weighted by atomic mass is 10.1. The van der Waals surface area contributed by atoms with Crippen LogP contribution in [0.1, 0.15) is 24.2 Å². The summed E-state index contributed by atoms with van der Waals surface area (Å²) in [6.07, 6.45) is -0.414. The maximum absolute atomic E-state index is 11.0. The number of benzene rings is 1. The summed E-state index contributed by atoms with van der Waals surface area (Å²) in [6, 6.07) is 3.94. The van der Waals surface area contributed by atoms with Gasteiger partial charge in [0, 0.05) is 6.61 Å². The normalized spacial score (nSPS) is 11.9. The SMILES string of the molecule is CCOCC(C)Oc1cccc(C(=O)O)c1[N+](=O)[O-]. The molecule has 19 heavy (non-hydrogen) atoms. The van der Waals surface area contributed by atoms with E-state index in [-0.39, 0.29) is 12.4 Å². The van der Waals surface area contributed by atoms with Crippen molar-refractivity contribution in [3.05, 3.63) is 33.9 Å². The second-order valence-electron chi connectivity index (χ2n) is 3.80. The Hall–Kier alpha value is -2.15. The molecule has 1 N–H and O–H groups in total. The summed E-state index contributed by atoms with van der Waals surface area (Å²) in [4.78, 5) is 21.2. The lowest BCUT2D eigenvalue weighted by molar-refractivity contribution is -0.386. The molecule has 0 heterocycles. The fourth-order valence-electron chi connectivity index (χ4n) is 1.51. The van der Waals surface area contributed by atoms with Gasteiger partial charge in [-0.15, -0.1) is 0 Å². The van der Waals surface area contributed by atoms with E-state index in [0.717, 1.165) is 0 Å². The minimum absolute atomic E-state index is 0.0721. The van der Waals surface area contributed by atoms with Gasteiger partial charge in [0.2, 0.25) is 0 Å². The van der Waals surface area contributed by atoms with Gasteiger partial charge in [-0.1, -0.05) is 6.07 Å². The van der Waals surface area contributed by atoms with Gasteiger partial charge in [0.1, 0.15) is 11.7 Å². The topological polar surface area (TPSA) is 98.9 Å². The standard InChI is InChI=1S/C12H15NO6/c1-3-18-7-8(2)19-10-6-4-5-9(12(14)15)11(10)13(16)17/h4-6,8H,3,7H2,1-2H3,(H,14,15). The first-order valence-electron chi connectivity index (χ1n) is 5.72. The van der Waals surface area contributed by atoms with Gasteiger partial charge in [-0.2, -0.15) is 0 Å². The molecule has 7 heteroatoms. The Morgan fingerprint density at radius 3 is 2.74 bits per heavy atom. The Balaban J connectivity index is 3.03. The third-order valence-corrected chi connectivity index (χ3v) is 2.30. The van der Waals surface area contributed by atoms with Crippen molar-refractivity contribution in [1.29, 1.82) is 0 Å². The Kier molecular flexibility index (Phi) is 5.25. The molecule has 1 aromatic carbocycles. The first kappa shape index (κ1) is 14.9. The molecule has 0 radical (unpaired) electrons. The number of carboxylic acid groups (broad SMARTS) is 1. The third kappa shape index (κ3) is 3.92. The van der Waals surface area contributed by atoms with Crippen LogP contribution in [0.4, 0.5) is 5.69 Å². The van der Waals surface area contributed by atoms with E-state index in [4.69, 9.17) is 14.6 Å². The van der Waals surface area contributed by atoms with Gasteiger partial charge in [-0.05, 0) is 26.0 Å². The maximum atomic E-state index is 11.0. The molecule has 0 aliphatic carbocycles. The van der Waals surface area contributed by atoms with E-state index in [1.54, 1.807) is 6.92 Å². The molecule has 0 aliphatic rings. The van der Waals surface area contributed by atoms with E-state index in [1.807, 2.05) is 6.92 Å². The van der Waals surface area contributed by atoms with Crippen LogP contribution in [0.2, 0.25) is 0 Å². The van der Waals surface area contributed by atoms with Gasteiger partial charge in [0.25, 0.3) is 0 Å². The maximum Gasteiger partial charge on any atom is 0.342 e. The van der Waals surface area contributed by atoms with E-state index in [1.165, 1.54) is 18.2 Å². The summed E-state index contributed by atoms with van der Waals surface area (Å²) >= 11 is 0. The predicted octanol–water partition coefficient (Wildman–Crippen LogP) is 2.10. The minimum Gasteiger partial charge on any atom is -0.481 e. The highest BCUT2D eigenvalue weighted by Gasteiger charge is 2.26. The smallest absolute Gasteiger partial charge is 0.342 e. The Morgan fingerprint density at radius 1 is 1.53 bits per heavy atom. The van der Waals surface area contributed by atoms with Crippen LogP contribution in [0.3, 0.4) is 0 Å². The van der Waals surface area contributed by atoms with Gasteiger partial charge in [0.05, 0.1) is 11.5 Å². The zero-order chi connectivity index (χ0) is 14.4. The molecule has 1 atom stereocenters. The van der Waals surface area contributed by atoms with E-state index >= 15 is 0 Å². The molecule has 1 aromatic rings. The third-order valence-electron chi connectivity index (χ3n) is 2.30. The Labute approximate surface area is 109 Å². The number of para-hydroxylation sites is 1. The summed E-state index contributed by atoms with van der Waals surface area (Å²) in [5.74, 6) is -1.44. The van der Waals surface area contributed by atoms with Crippen molar-refractivity contribution in [2.45, 2.75) is 20.0 Å². The van der Waals surface area contributed by atoms with Crippen molar-refractivity contribution in [2.24, 2.45) is 0 Å². The predicted molar refractivity (Wildman–Crippen MR) is 66.6 cm³/mol. The highest BCUT2D eigenvalue weighted by Crippen LogP contribution is 2.31. The zero-order valence-electron chi connectivity index (χ0n) is 10.7. The van der Waals surface area contributed by atoms with Crippen LogP contribution >= 0.6 is 0 Å². The van der Waals surface area contributed by atoms with Crippen LogP contribution in [-0.2, 0) is 4.74 Å². The first-order valence-corrected chi connectivity index (χ1v) is 5.72. The Morgan fingerprint density at radius 2 is 2.21 bits per heavy atom. The molecule has 0 bridgehead atoms. The average Bonchev–Trinajstić information content (AvgIpc) is 2.35. The highest BCUT2D eigenvalue weighted by atomic mass is 16.6. The molecule has 0 saturated heterocycles. The molecule has 0 aliphatic heterocycles. The molecular weight excluding hydrogens is 254 g/mol. The van der Waals surface area contributed by atoms with Crippen LogP contribution in [0.25, 0.3) is 0 Å². The second kappa shape index (κ2) is 6.69. The van der Waals surface area contributed by atoms with E-state index in [0.29, 0.717) is 6.61 Å². The van der Waals surface area contributed by atoms with E-state index in [2.05, 4.69) is 0 Å². The summed E-state index contributed by atoms with van der Waals surface area (Å²) < 4.78 is 10.5. The van der Waals surface area contributed by atoms with Crippen LogP contribution in [0.5, 0.6) is 5.75 Å². The fourth-order valence-corrected chi connectivity index (χ4v) is 1.51. The quantitative estimate of drug-likeness (QED) is 0.601. The molecule has 0 saturated carbocycles. The molecule has 0 fully saturated rings. The number of nitro groups is 1. The number of nitro benzene ring substituents is 1. The number of hydrogen-bond acceptors (Lipinski definition) is 5. The molecule has 0 spiro atoms. The van der Waals surface area contributed by atoms with Gasteiger partial charge in [0.15, 0.2) is 5.75 Å². The largest absolute Gasteiger partial charge is 0.481 e. The minimum atomic E-state index is -1.37. The summed E-state index contributed by atoms with van der Waals surface area (Å²) in [6.45, 7) is 4.28. The second-order valence-corrected chi connectivity index (χ2v) is 3.80. The van der Waals surface area contributed by atoms with E-state index in [9.17, 15) is 14.9 Å². The lowest BCUT2D eigenvalue weighted by Gasteiger charge is -2.14. The van der Waals surface area contributed by atoms with Crippen molar-refractivity contribution < 1.29 is 24.3 Å². The molecule has 7 nitrogen and oxygen atoms in total. The first-order chi connectivity index (χ1) is 8.97. The number of hydrogen-bond donors (Lipinski definition) is 1. The molecule has 0 amide bonds. The molecular formula is C12H15NO6. The van der Waals surface area contributed by atoms with Gasteiger partial charge >= 0.3 is 11.7 Å². The Bertz CT molecular complexity index is 473. The van der Waals surface area contributed by atoms with Gasteiger partial charge < -0.3 is 14.6 Å². The van der Waals surface area contributed by atoms with Crippen LogP contribution in [0.15, 0.2) is 18.2 Å². The van der Waals surface area contributed by atoms with Gasteiger partial charge in [-0.3, -0.25) is 10.1 Å². The molecule has 104 valence electrons. The number of nitrogens with zero attached hydrogens (tertiary/aromatic N) is 1. The van der Waals surface area contributed by atoms with Crippen molar-refractivity contribution in [3.8, 4) is 5.75 Å². The van der Waals surface area contributed by atoms with Crippen LogP contribution in [-0.4, -0.2) is 35.3 Å². The fraction of sp³-hybridized carbons (Fsp3) is 0.417. The number of carbonyl (C=O) groups is 1. The monoisotopic (exact) mass is 269 g/mol. The van der Waals surface area contributed by atoms with Crippen LogP contribution in [0, 0.1) is 10.1 Å². The van der Waals surface area contributed by atoms with E-state index < -0.39 is 28.2 Å². The number of carboxylic acids is 1. The lowest BCUT2D eigenvalue weighted by Crippen LogP contribution is -2.20. The van der Waals surface area contributed by atoms with Crippen molar-refractivity contribution >= 4 is 11.7 Å². The number of ether oxygens (including phenoxy) is 2. The molecule has 1 rings (SSSR count). The summed E-state index contributed by atoms with van der Waals surface area (Å²) in [7, 11) is 0.